The first-order valence-electron chi connectivity index (χ1n) is 8.19. The zero-order valence-corrected chi connectivity index (χ0v) is 14.9. The summed E-state index contributed by atoms with van der Waals surface area (Å²) in [5, 5.41) is 15.3. The number of para-hydroxylation sites is 1. The van der Waals surface area contributed by atoms with Crippen LogP contribution in [0.25, 0.3) is 15.9 Å². The Kier molecular flexibility index (Phi) is 4.40. The second kappa shape index (κ2) is 7.01. The number of hydrogen-bond acceptors (Lipinski definition) is 6. The SMILES string of the molecule is Cc1nnnn1-c1cccc(NC(=O)CCc2nc3ccccc3s2)c1. The van der Waals surface area contributed by atoms with Crippen LogP contribution in [0.4, 0.5) is 5.69 Å². The van der Waals surface area contributed by atoms with Crippen LogP contribution in [-0.4, -0.2) is 31.1 Å². The molecule has 0 unspecified atom stereocenters. The summed E-state index contributed by atoms with van der Waals surface area (Å²) in [5.41, 5.74) is 2.50. The standard InChI is InChI=1S/C18H16N6OS/c1-12-21-22-23-24(12)14-6-4-5-13(11-14)19-17(25)9-10-18-20-15-7-2-3-8-16(15)26-18/h2-8,11H,9-10H2,1H3,(H,19,25). The van der Waals surface area contributed by atoms with Crippen molar-refractivity contribution in [3.63, 3.8) is 0 Å². The zero-order chi connectivity index (χ0) is 17.9. The number of nitrogens with one attached hydrogen (secondary N) is 1. The van der Waals surface area contributed by atoms with E-state index in [4.69, 9.17) is 0 Å². The smallest absolute Gasteiger partial charge is 0.224 e. The molecule has 130 valence electrons. The van der Waals surface area contributed by atoms with Crippen molar-refractivity contribution < 1.29 is 4.79 Å². The third kappa shape index (κ3) is 3.45. The second-order valence-electron chi connectivity index (χ2n) is 5.81. The summed E-state index contributed by atoms with van der Waals surface area (Å²) in [6.45, 7) is 1.82. The highest BCUT2D eigenvalue weighted by atomic mass is 32.1. The molecule has 1 amide bonds. The van der Waals surface area contributed by atoms with Crippen molar-refractivity contribution in [3.05, 3.63) is 59.4 Å². The molecule has 2 heterocycles. The molecule has 0 aliphatic carbocycles. The van der Waals surface area contributed by atoms with E-state index in [1.54, 1.807) is 16.0 Å². The average molecular weight is 364 g/mol. The van der Waals surface area contributed by atoms with Crippen LogP contribution >= 0.6 is 11.3 Å². The number of anilines is 1. The number of rotatable bonds is 5. The number of amides is 1. The Balaban J connectivity index is 1.41. The normalized spacial score (nSPS) is 11.0. The van der Waals surface area contributed by atoms with Crippen molar-refractivity contribution in [3.8, 4) is 5.69 Å². The van der Waals surface area contributed by atoms with Crippen LogP contribution in [0.2, 0.25) is 0 Å². The van der Waals surface area contributed by atoms with Gasteiger partial charge in [-0.3, -0.25) is 4.79 Å². The van der Waals surface area contributed by atoms with Crippen LogP contribution in [-0.2, 0) is 11.2 Å². The number of nitrogens with zero attached hydrogens (tertiary/aromatic N) is 5. The fraction of sp³-hybridized carbons (Fsp3) is 0.167. The van der Waals surface area contributed by atoms with Gasteiger partial charge >= 0.3 is 0 Å². The monoisotopic (exact) mass is 364 g/mol. The fourth-order valence-corrected chi connectivity index (χ4v) is 3.62. The largest absolute Gasteiger partial charge is 0.326 e. The van der Waals surface area contributed by atoms with Gasteiger partial charge < -0.3 is 5.32 Å². The number of benzene rings is 2. The lowest BCUT2D eigenvalue weighted by Gasteiger charge is -2.07. The average Bonchev–Trinajstić information content (AvgIpc) is 3.25. The number of tetrazole rings is 1. The number of thiazole rings is 1. The highest BCUT2D eigenvalue weighted by Crippen LogP contribution is 2.22. The molecule has 2 aromatic carbocycles. The molecule has 26 heavy (non-hydrogen) atoms. The Morgan fingerprint density at radius 1 is 1.19 bits per heavy atom. The van der Waals surface area contributed by atoms with Crippen LogP contribution in [0.3, 0.4) is 0 Å². The van der Waals surface area contributed by atoms with E-state index < -0.39 is 0 Å². The molecule has 7 nitrogen and oxygen atoms in total. The highest BCUT2D eigenvalue weighted by Gasteiger charge is 2.09. The van der Waals surface area contributed by atoms with Gasteiger partial charge in [0.1, 0.15) is 0 Å². The van der Waals surface area contributed by atoms with Gasteiger partial charge in [-0.25, -0.2) is 4.98 Å². The molecular weight excluding hydrogens is 348 g/mol. The molecule has 0 saturated carbocycles. The molecule has 8 heteroatoms. The molecule has 2 aromatic heterocycles. The zero-order valence-electron chi connectivity index (χ0n) is 14.1. The van der Waals surface area contributed by atoms with E-state index in [0.29, 0.717) is 24.4 Å². The summed E-state index contributed by atoms with van der Waals surface area (Å²) in [6.07, 6.45) is 1.00. The number of carbonyl (C=O) groups is 1. The Labute approximate surface area is 153 Å². The summed E-state index contributed by atoms with van der Waals surface area (Å²) < 4.78 is 2.77. The van der Waals surface area contributed by atoms with Gasteiger partial charge in [-0.15, -0.1) is 16.4 Å². The van der Waals surface area contributed by atoms with E-state index >= 15 is 0 Å². The van der Waals surface area contributed by atoms with Crippen molar-refractivity contribution in [2.45, 2.75) is 19.8 Å². The van der Waals surface area contributed by atoms with Crippen molar-refractivity contribution in [1.29, 1.82) is 0 Å². The van der Waals surface area contributed by atoms with Crippen molar-refractivity contribution in [2.24, 2.45) is 0 Å². The predicted molar refractivity (Wildman–Crippen MR) is 100 cm³/mol. The molecule has 4 aromatic rings. The molecule has 0 aliphatic heterocycles. The summed E-state index contributed by atoms with van der Waals surface area (Å²) in [6, 6.07) is 15.4. The van der Waals surface area contributed by atoms with Gasteiger partial charge in [-0.2, -0.15) is 4.68 Å². The van der Waals surface area contributed by atoms with Crippen LogP contribution in [0.15, 0.2) is 48.5 Å². The number of aryl methyl sites for hydroxylation is 2. The molecule has 4 rings (SSSR count). The quantitative estimate of drug-likeness (QED) is 0.588. The number of hydrogen-bond donors (Lipinski definition) is 1. The minimum atomic E-state index is -0.0464. The van der Waals surface area contributed by atoms with Gasteiger partial charge in [-0.05, 0) is 47.7 Å². The van der Waals surface area contributed by atoms with Gasteiger partial charge in [0.2, 0.25) is 5.91 Å². The minimum absolute atomic E-state index is 0.0464. The Morgan fingerprint density at radius 2 is 2.08 bits per heavy atom. The molecule has 0 radical (unpaired) electrons. The van der Waals surface area contributed by atoms with Gasteiger partial charge in [0.05, 0.1) is 20.9 Å². The molecule has 0 saturated heterocycles. The molecule has 0 spiro atoms. The summed E-state index contributed by atoms with van der Waals surface area (Å²) in [4.78, 5) is 16.8. The number of fused-ring (bicyclic) bond motifs is 1. The van der Waals surface area contributed by atoms with Crippen molar-refractivity contribution >= 4 is 33.1 Å². The first-order valence-corrected chi connectivity index (χ1v) is 9.00. The second-order valence-corrected chi connectivity index (χ2v) is 6.93. The van der Waals surface area contributed by atoms with Crippen LogP contribution in [0.1, 0.15) is 17.3 Å². The highest BCUT2D eigenvalue weighted by molar-refractivity contribution is 7.18. The molecule has 0 atom stereocenters. The fourth-order valence-electron chi connectivity index (χ4n) is 2.66. The Morgan fingerprint density at radius 3 is 2.88 bits per heavy atom. The first kappa shape index (κ1) is 16.3. The minimum Gasteiger partial charge on any atom is -0.326 e. The van der Waals surface area contributed by atoms with E-state index in [1.807, 2.05) is 55.5 Å². The summed E-state index contributed by atoms with van der Waals surface area (Å²) >= 11 is 1.63. The lowest BCUT2D eigenvalue weighted by atomic mass is 10.2. The van der Waals surface area contributed by atoms with Gasteiger partial charge in [0.25, 0.3) is 0 Å². The molecule has 1 N–H and O–H groups in total. The molecule has 0 bridgehead atoms. The van der Waals surface area contributed by atoms with Gasteiger partial charge in [0.15, 0.2) is 5.82 Å². The van der Waals surface area contributed by atoms with E-state index in [-0.39, 0.29) is 5.91 Å². The van der Waals surface area contributed by atoms with E-state index in [0.717, 1.165) is 20.9 Å². The third-order valence-corrected chi connectivity index (χ3v) is 5.00. The van der Waals surface area contributed by atoms with Crippen molar-refractivity contribution in [2.75, 3.05) is 5.32 Å². The van der Waals surface area contributed by atoms with E-state index in [2.05, 4.69) is 25.8 Å². The lowest BCUT2D eigenvalue weighted by molar-refractivity contribution is -0.116. The van der Waals surface area contributed by atoms with Crippen LogP contribution < -0.4 is 5.32 Å². The first-order chi connectivity index (χ1) is 12.7. The van der Waals surface area contributed by atoms with Crippen LogP contribution in [0, 0.1) is 6.92 Å². The van der Waals surface area contributed by atoms with Gasteiger partial charge in [-0.1, -0.05) is 18.2 Å². The maximum Gasteiger partial charge on any atom is 0.224 e. The molecular formula is C18H16N6OS. The topological polar surface area (TPSA) is 85.6 Å². The lowest BCUT2D eigenvalue weighted by Crippen LogP contribution is -2.12. The number of aromatic nitrogens is 5. The third-order valence-electron chi connectivity index (χ3n) is 3.90. The van der Waals surface area contributed by atoms with E-state index in [9.17, 15) is 4.79 Å². The molecule has 0 fully saturated rings. The van der Waals surface area contributed by atoms with Crippen LogP contribution in [0.5, 0.6) is 0 Å². The summed E-state index contributed by atoms with van der Waals surface area (Å²) in [5.74, 6) is 0.638. The molecule has 0 aliphatic rings. The predicted octanol–water partition coefficient (Wildman–Crippen LogP) is 3.15. The van der Waals surface area contributed by atoms with Crippen molar-refractivity contribution in [1.82, 2.24) is 25.2 Å². The Hall–Kier alpha value is -3.13. The summed E-state index contributed by atoms with van der Waals surface area (Å²) in [7, 11) is 0. The maximum absolute atomic E-state index is 12.3. The Bertz CT molecular complexity index is 1040. The maximum atomic E-state index is 12.3. The van der Waals surface area contributed by atoms with E-state index in [1.165, 1.54) is 0 Å². The number of carbonyl (C=O) groups excluding carboxylic acids is 1. The van der Waals surface area contributed by atoms with Gasteiger partial charge in [0, 0.05) is 18.5 Å².